The van der Waals surface area contributed by atoms with Crippen LogP contribution in [0.5, 0.6) is 5.75 Å². The van der Waals surface area contributed by atoms with Gasteiger partial charge in [0.25, 0.3) is 0 Å². The molecule has 0 fully saturated rings. The van der Waals surface area contributed by atoms with Crippen LogP contribution in [0, 0.1) is 0 Å². The van der Waals surface area contributed by atoms with Crippen LogP contribution in [0.3, 0.4) is 0 Å². The summed E-state index contributed by atoms with van der Waals surface area (Å²) in [6, 6.07) is 12.5. The van der Waals surface area contributed by atoms with E-state index in [4.69, 9.17) is 4.74 Å². The van der Waals surface area contributed by atoms with E-state index in [9.17, 15) is 0 Å². The maximum Gasteiger partial charge on any atom is 0.123 e. The number of ether oxygens (including phenoxy) is 1. The zero-order valence-corrected chi connectivity index (χ0v) is 16.5. The number of hydrogen-bond donors (Lipinski definition) is 0. The van der Waals surface area contributed by atoms with Gasteiger partial charge in [-0.1, -0.05) is 65.3 Å². The molecule has 0 radical (unpaired) electrons. The number of thiophene rings is 1. The van der Waals surface area contributed by atoms with E-state index in [0.29, 0.717) is 0 Å². The first-order valence-electron chi connectivity index (χ1n) is 8.61. The Morgan fingerprint density at radius 3 is 2.13 bits per heavy atom. The summed E-state index contributed by atoms with van der Waals surface area (Å²) in [4.78, 5) is 3.83. The Hall–Kier alpha value is -1.32. The van der Waals surface area contributed by atoms with E-state index in [0.717, 1.165) is 25.4 Å². The van der Waals surface area contributed by atoms with Gasteiger partial charge in [0.1, 0.15) is 5.75 Å². The number of methoxy groups -OCH3 is 1. The van der Waals surface area contributed by atoms with Crippen LogP contribution in [0.1, 0.15) is 51.5 Å². The Bertz CT molecular complexity index is 482. The molecule has 0 aliphatic carbocycles. The summed E-state index contributed by atoms with van der Waals surface area (Å²) in [5.74, 6) is 0.974. The summed E-state index contributed by atoms with van der Waals surface area (Å²) in [6.45, 7) is 13.4. The minimum absolute atomic E-state index is 0.929. The van der Waals surface area contributed by atoms with Crippen molar-refractivity contribution in [1.29, 1.82) is 0 Å². The lowest BCUT2D eigenvalue weighted by atomic mass is 10.2. The summed E-state index contributed by atoms with van der Waals surface area (Å²) in [5.41, 5.74) is 1.25. The molecule has 1 aromatic heterocycles. The zero-order valence-electron chi connectivity index (χ0n) is 15.6. The number of nitrogens with zero attached hydrogens (tertiary/aromatic N) is 1. The molecule has 0 saturated carbocycles. The van der Waals surface area contributed by atoms with Gasteiger partial charge in [-0.3, -0.25) is 4.90 Å². The SMILES string of the molecule is CC.CCC.CCN(Cc1cccs1)Cc1ccccc1OC. The van der Waals surface area contributed by atoms with Crippen LogP contribution in [0.25, 0.3) is 0 Å². The van der Waals surface area contributed by atoms with Gasteiger partial charge in [-0.15, -0.1) is 11.3 Å². The number of benzene rings is 1. The van der Waals surface area contributed by atoms with Crippen molar-refractivity contribution in [1.82, 2.24) is 4.90 Å². The average molecular weight is 336 g/mol. The highest BCUT2D eigenvalue weighted by molar-refractivity contribution is 7.09. The van der Waals surface area contributed by atoms with E-state index in [1.165, 1.54) is 16.9 Å². The van der Waals surface area contributed by atoms with Crippen molar-refractivity contribution in [3.63, 3.8) is 0 Å². The van der Waals surface area contributed by atoms with Gasteiger partial charge >= 0.3 is 0 Å². The summed E-state index contributed by atoms with van der Waals surface area (Å²) >= 11 is 1.81. The molecule has 23 heavy (non-hydrogen) atoms. The molecule has 0 saturated heterocycles. The highest BCUT2D eigenvalue weighted by atomic mass is 32.1. The Morgan fingerprint density at radius 1 is 0.957 bits per heavy atom. The van der Waals surface area contributed by atoms with Gasteiger partial charge in [0, 0.05) is 23.5 Å². The molecule has 0 spiro atoms. The van der Waals surface area contributed by atoms with Crippen molar-refractivity contribution in [3.05, 3.63) is 52.2 Å². The lowest BCUT2D eigenvalue weighted by Crippen LogP contribution is -2.22. The first-order chi connectivity index (χ1) is 11.2. The third-order valence-electron chi connectivity index (χ3n) is 2.99. The van der Waals surface area contributed by atoms with Gasteiger partial charge in [-0.2, -0.15) is 0 Å². The van der Waals surface area contributed by atoms with Gasteiger partial charge in [0.2, 0.25) is 0 Å². The minimum atomic E-state index is 0.929. The van der Waals surface area contributed by atoms with Gasteiger partial charge < -0.3 is 4.74 Å². The highest BCUT2D eigenvalue weighted by Gasteiger charge is 2.08. The van der Waals surface area contributed by atoms with Crippen LogP contribution in [0.15, 0.2) is 41.8 Å². The lowest BCUT2D eigenvalue weighted by Gasteiger charge is -2.20. The maximum absolute atomic E-state index is 5.40. The van der Waals surface area contributed by atoms with Crippen molar-refractivity contribution >= 4 is 11.3 Å². The Labute approximate surface area is 147 Å². The summed E-state index contributed by atoms with van der Waals surface area (Å²) in [6.07, 6.45) is 1.25. The van der Waals surface area contributed by atoms with Gasteiger partial charge in [-0.05, 0) is 24.1 Å². The number of para-hydroxylation sites is 1. The van der Waals surface area contributed by atoms with Crippen molar-refractivity contribution in [2.75, 3.05) is 13.7 Å². The first kappa shape index (κ1) is 21.7. The van der Waals surface area contributed by atoms with E-state index >= 15 is 0 Å². The molecule has 2 rings (SSSR count). The third-order valence-corrected chi connectivity index (χ3v) is 3.85. The summed E-state index contributed by atoms with van der Waals surface area (Å²) in [5, 5.41) is 2.13. The highest BCUT2D eigenvalue weighted by Crippen LogP contribution is 2.21. The van der Waals surface area contributed by atoms with Crippen LogP contribution >= 0.6 is 11.3 Å². The predicted molar refractivity (Wildman–Crippen MR) is 104 cm³/mol. The van der Waals surface area contributed by atoms with Gasteiger partial charge in [0.05, 0.1) is 7.11 Å². The summed E-state index contributed by atoms with van der Waals surface area (Å²) < 4.78 is 5.40. The molecular formula is C20H33NOS. The van der Waals surface area contributed by atoms with Crippen LogP contribution in [0.2, 0.25) is 0 Å². The van der Waals surface area contributed by atoms with Gasteiger partial charge in [-0.25, -0.2) is 0 Å². The fourth-order valence-corrected chi connectivity index (χ4v) is 2.72. The average Bonchev–Trinajstić information content (AvgIpc) is 3.10. The van der Waals surface area contributed by atoms with E-state index in [1.807, 2.05) is 37.3 Å². The Morgan fingerprint density at radius 2 is 1.61 bits per heavy atom. The standard InChI is InChI=1S/C15H19NOS.C3H8.C2H6/c1-3-16(12-14-8-6-10-18-14)11-13-7-4-5-9-15(13)17-2;1-3-2;1-2/h4-10H,3,11-12H2,1-2H3;3H2,1-2H3;1-2H3. The topological polar surface area (TPSA) is 12.5 Å². The molecule has 0 bridgehead atoms. The molecule has 0 amide bonds. The van der Waals surface area contributed by atoms with Crippen molar-refractivity contribution < 1.29 is 4.74 Å². The van der Waals surface area contributed by atoms with Crippen molar-refractivity contribution in [2.24, 2.45) is 0 Å². The first-order valence-corrected chi connectivity index (χ1v) is 9.49. The van der Waals surface area contributed by atoms with Crippen molar-refractivity contribution in [2.45, 2.75) is 54.1 Å². The Balaban J connectivity index is 0.000000868. The Kier molecular flexibility index (Phi) is 13.5. The molecule has 0 aliphatic rings. The molecule has 1 aromatic carbocycles. The van der Waals surface area contributed by atoms with Crippen LogP contribution in [-0.4, -0.2) is 18.6 Å². The smallest absolute Gasteiger partial charge is 0.123 e. The molecule has 2 aromatic rings. The summed E-state index contributed by atoms with van der Waals surface area (Å²) in [7, 11) is 1.73. The van der Waals surface area contributed by atoms with E-state index in [-0.39, 0.29) is 0 Å². The van der Waals surface area contributed by atoms with E-state index in [1.54, 1.807) is 7.11 Å². The molecule has 1 heterocycles. The normalized spacial score (nSPS) is 9.52. The second-order valence-corrected chi connectivity index (χ2v) is 5.93. The lowest BCUT2D eigenvalue weighted by molar-refractivity contribution is 0.268. The van der Waals surface area contributed by atoms with E-state index < -0.39 is 0 Å². The monoisotopic (exact) mass is 335 g/mol. The molecule has 0 N–H and O–H groups in total. The van der Waals surface area contributed by atoms with Gasteiger partial charge in [0.15, 0.2) is 0 Å². The molecular weight excluding hydrogens is 302 g/mol. The van der Waals surface area contributed by atoms with Crippen molar-refractivity contribution in [3.8, 4) is 5.75 Å². The molecule has 0 atom stereocenters. The predicted octanol–water partition coefficient (Wildman–Crippen LogP) is 6.22. The zero-order chi connectivity index (χ0) is 17.5. The second-order valence-electron chi connectivity index (χ2n) is 4.90. The molecule has 3 heteroatoms. The fourth-order valence-electron chi connectivity index (χ4n) is 1.98. The maximum atomic E-state index is 5.40. The largest absolute Gasteiger partial charge is 0.496 e. The number of rotatable bonds is 6. The second kappa shape index (κ2) is 14.3. The minimum Gasteiger partial charge on any atom is -0.496 e. The van der Waals surface area contributed by atoms with Crippen LogP contribution in [-0.2, 0) is 13.1 Å². The van der Waals surface area contributed by atoms with Crippen LogP contribution < -0.4 is 4.74 Å². The molecule has 130 valence electrons. The van der Waals surface area contributed by atoms with E-state index in [2.05, 4.69) is 55.3 Å². The number of hydrogen-bond acceptors (Lipinski definition) is 3. The quantitative estimate of drug-likeness (QED) is 0.621. The third kappa shape index (κ3) is 8.77. The fraction of sp³-hybridized carbons (Fsp3) is 0.500. The molecule has 0 aliphatic heterocycles. The molecule has 0 unspecified atom stereocenters. The van der Waals surface area contributed by atoms with Crippen LogP contribution in [0.4, 0.5) is 0 Å². The molecule has 2 nitrogen and oxygen atoms in total.